The Kier molecular flexibility index (Phi) is 5.11. The predicted octanol–water partition coefficient (Wildman–Crippen LogP) is 1.69. The van der Waals surface area contributed by atoms with Gasteiger partial charge >= 0.3 is 0 Å². The van der Waals surface area contributed by atoms with Crippen LogP contribution in [0.15, 0.2) is 30.3 Å². The lowest BCUT2D eigenvalue weighted by atomic mass is 10.0. The third kappa shape index (κ3) is 3.79. The van der Waals surface area contributed by atoms with Gasteiger partial charge in [-0.25, -0.2) is 5.84 Å². The summed E-state index contributed by atoms with van der Waals surface area (Å²) in [5, 5.41) is 0. The Morgan fingerprint density at radius 1 is 1.30 bits per heavy atom. The summed E-state index contributed by atoms with van der Waals surface area (Å²) in [6, 6.07) is 9.40. The van der Waals surface area contributed by atoms with Crippen molar-refractivity contribution in [3.8, 4) is 0 Å². The molecule has 1 saturated heterocycles. The number of carbonyl (C=O) groups excluding carboxylic acids is 1. The summed E-state index contributed by atoms with van der Waals surface area (Å²) in [6.45, 7) is 4.04. The number of carbonyl (C=O) groups is 1. The van der Waals surface area contributed by atoms with E-state index >= 15 is 0 Å². The second kappa shape index (κ2) is 6.83. The van der Waals surface area contributed by atoms with E-state index in [0.29, 0.717) is 0 Å². The second-order valence-corrected chi connectivity index (χ2v) is 5.29. The molecule has 20 heavy (non-hydrogen) atoms. The quantitative estimate of drug-likeness (QED) is 0.499. The van der Waals surface area contributed by atoms with Gasteiger partial charge in [0.1, 0.15) is 0 Å². The Hall–Kier alpha value is -1.43. The fourth-order valence-corrected chi connectivity index (χ4v) is 2.64. The summed E-state index contributed by atoms with van der Waals surface area (Å²) >= 11 is 0. The summed E-state index contributed by atoms with van der Waals surface area (Å²) in [5.74, 6) is 4.94. The molecule has 1 aliphatic heterocycles. The van der Waals surface area contributed by atoms with E-state index in [1.807, 2.05) is 44.2 Å². The number of benzene rings is 1. The molecule has 1 fully saturated rings. The molecule has 5 heteroatoms. The molecule has 0 spiro atoms. The summed E-state index contributed by atoms with van der Waals surface area (Å²) in [7, 11) is 0. The summed E-state index contributed by atoms with van der Waals surface area (Å²) < 4.78 is 11.7. The van der Waals surface area contributed by atoms with Gasteiger partial charge in [0.05, 0.1) is 18.3 Å². The van der Waals surface area contributed by atoms with Crippen LogP contribution in [0.5, 0.6) is 0 Å². The molecule has 3 atom stereocenters. The highest BCUT2D eigenvalue weighted by atomic mass is 16.5. The molecule has 0 bridgehead atoms. The Morgan fingerprint density at radius 3 is 2.45 bits per heavy atom. The fraction of sp³-hybridized carbons (Fsp3) is 0.533. The van der Waals surface area contributed by atoms with E-state index in [9.17, 15) is 4.79 Å². The minimum absolute atomic E-state index is 0.00347. The van der Waals surface area contributed by atoms with Gasteiger partial charge in [0.2, 0.25) is 0 Å². The van der Waals surface area contributed by atoms with Crippen molar-refractivity contribution in [2.45, 2.75) is 51.1 Å². The lowest BCUT2D eigenvalue weighted by Gasteiger charge is -2.34. The molecular formula is C15H22N2O3. The number of rotatable bonds is 4. The molecule has 0 aromatic heterocycles. The van der Waals surface area contributed by atoms with E-state index in [0.717, 1.165) is 18.4 Å². The van der Waals surface area contributed by atoms with Crippen molar-refractivity contribution in [3.05, 3.63) is 35.9 Å². The van der Waals surface area contributed by atoms with Crippen LogP contribution in [-0.4, -0.2) is 24.2 Å². The van der Waals surface area contributed by atoms with Crippen molar-refractivity contribution in [2.75, 3.05) is 0 Å². The maximum Gasteiger partial charge on any atom is 0.267 e. The number of hydrogen-bond acceptors (Lipinski definition) is 4. The number of nitrogens with two attached hydrogens (primary N) is 1. The molecule has 2 rings (SSSR count). The van der Waals surface area contributed by atoms with Crippen molar-refractivity contribution in [3.63, 3.8) is 0 Å². The predicted molar refractivity (Wildman–Crippen MR) is 75.6 cm³/mol. The van der Waals surface area contributed by atoms with Gasteiger partial charge in [-0.15, -0.1) is 0 Å². The summed E-state index contributed by atoms with van der Waals surface area (Å²) in [6.07, 6.45) is 1.17. The molecule has 110 valence electrons. The number of nitrogens with one attached hydrogen (secondary N) is 1. The van der Waals surface area contributed by atoms with Gasteiger partial charge in [0.25, 0.3) is 5.91 Å². The zero-order valence-corrected chi connectivity index (χ0v) is 11.9. The van der Waals surface area contributed by atoms with Crippen LogP contribution >= 0.6 is 0 Å². The first-order valence-corrected chi connectivity index (χ1v) is 6.96. The highest BCUT2D eigenvalue weighted by Gasteiger charge is 2.30. The molecule has 1 heterocycles. The smallest absolute Gasteiger partial charge is 0.267 e. The molecule has 0 aliphatic carbocycles. The second-order valence-electron chi connectivity index (χ2n) is 5.29. The first kappa shape index (κ1) is 15.0. The molecular weight excluding hydrogens is 256 g/mol. The van der Waals surface area contributed by atoms with E-state index < -0.39 is 6.10 Å². The SMILES string of the molecule is CC1CC(OC(C(=O)NN)c2ccccc2)CC(C)O1. The van der Waals surface area contributed by atoms with Gasteiger partial charge in [-0.3, -0.25) is 10.2 Å². The van der Waals surface area contributed by atoms with Crippen LogP contribution in [0.25, 0.3) is 0 Å². The zero-order valence-electron chi connectivity index (χ0n) is 11.9. The van der Waals surface area contributed by atoms with E-state index in [1.54, 1.807) is 0 Å². The standard InChI is InChI=1S/C15H22N2O3/c1-10-8-13(9-11(2)19-10)20-14(15(18)17-16)12-6-4-3-5-7-12/h3-7,10-11,13-14H,8-9,16H2,1-2H3,(H,17,18). The Bertz CT molecular complexity index is 428. The molecule has 1 aliphatic rings. The lowest BCUT2D eigenvalue weighted by molar-refractivity contribution is -0.151. The average Bonchev–Trinajstić information content (AvgIpc) is 2.44. The molecule has 0 saturated carbocycles. The minimum Gasteiger partial charge on any atom is -0.375 e. The van der Waals surface area contributed by atoms with Crippen LogP contribution in [0.1, 0.15) is 38.4 Å². The van der Waals surface area contributed by atoms with E-state index in [-0.39, 0.29) is 24.2 Å². The van der Waals surface area contributed by atoms with E-state index in [2.05, 4.69) is 5.43 Å². The van der Waals surface area contributed by atoms with Crippen molar-refractivity contribution < 1.29 is 14.3 Å². The Morgan fingerprint density at radius 2 is 1.90 bits per heavy atom. The molecule has 1 amide bonds. The Labute approximate surface area is 119 Å². The topological polar surface area (TPSA) is 73.6 Å². The molecule has 3 unspecified atom stereocenters. The van der Waals surface area contributed by atoms with E-state index in [4.69, 9.17) is 15.3 Å². The third-order valence-corrected chi connectivity index (χ3v) is 3.47. The average molecular weight is 278 g/mol. The molecule has 3 N–H and O–H groups in total. The number of hydrazine groups is 1. The first-order valence-electron chi connectivity index (χ1n) is 6.96. The largest absolute Gasteiger partial charge is 0.375 e. The number of amides is 1. The molecule has 0 radical (unpaired) electrons. The van der Waals surface area contributed by atoms with Crippen LogP contribution in [-0.2, 0) is 14.3 Å². The summed E-state index contributed by atoms with van der Waals surface area (Å²) in [5.41, 5.74) is 2.99. The van der Waals surface area contributed by atoms with Crippen LogP contribution in [0.2, 0.25) is 0 Å². The van der Waals surface area contributed by atoms with Gasteiger partial charge in [-0.2, -0.15) is 0 Å². The Balaban J connectivity index is 2.10. The van der Waals surface area contributed by atoms with Gasteiger partial charge < -0.3 is 9.47 Å². The number of ether oxygens (including phenoxy) is 2. The number of hydrogen-bond donors (Lipinski definition) is 2. The minimum atomic E-state index is -0.677. The highest BCUT2D eigenvalue weighted by Crippen LogP contribution is 2.27. The van der Waals surface area contributed by atoms with Gasteiger partial charge in [-0.1, -0.05) is 30.3 Å². The fourth-order valence-electron chi connectivity index (χ4n) is 2.64. The third-order valence-electron chi connectivity index (χ3n) is 3.47. The van der Waals surface area contributed by atoms with Gasteiger partial charge in [-0.05, 0) is 32.3 Å². The molecule has 5 nitrogen and oxygen atoms in total. The van der Waals surface area contributed by atoms with Crippen LogP contribution in [0.4, 0.5) is 0 Å². The maximum absolute atomic E-state index is 12.0. The van der Waals surface area contributed by atoms with Crippen molar-refractivity contribution in [2.24, 2.45) is 5.84 Å². The highest BCUT2D eigenvalue weighted by molar-refractivity contribution is 5.81. The van der Waals surface area contributed by atoms with Crippen LogP contribution in [0, 0.1) is 0 Å². The first-order chi connectivity index (χ1) is 9.60. The molecule has 1 aromatic rings. The zero-order chi connectivity index (χ0) is 14.5. The van der Waals surface area contributed by atoms with Gasteiger partial charge in [0.15, 0.2) is 6.10 Å². The normalized spacial score (nSPS) is 27.9. The van der Waals surface area contributed by atoms with Crippen molar-refractivity contribution in [1.82, 2.24) is 5.43 Å². The van der Waals surface area contributed by atoms with Crippen molar-refractivity contribution >= 4 is 5.91 Å². The summed E-state index contributed by atoms with van der Waals surface area (Å²) in [4.78, 5) is 12.0. The van der Waals surface area contributed by atoms with Crippen LogP contribution < -0.4 is 11.3 Å². The monoisotopic (exact) mass is 278 g/mol. The van der Waals surface area contributed by atoms with Gasteiger partial charge in [0, 0.05) is 0 Å². The maximum atomic E-state index is 12.0. The van der Waals surface area contributed by atoms with E-state index in [1.165, 1.54) is 0 Å². The van der Waals surface area contributed by atoms with Crippen molar-refractivity contribution in [1.29, 1.82) is 0 Å². The van der Waals surface area contributed by atoms with Crippen LogP contribution in [0.3, 0.4) is 0 Å². The lowest BCUT2D eigenvalue weighted by Crippen LogP contribution is -2.40. The molecule has 1 aromatic carbocycles.